The SMILES string of the molecule is COc1cccc(Cn2cc(NC(=O)c3cccc(COc4ccccc4OC)c3)cn2)c1. The van der Waals surface area contributed by atoms with Crippen LogP contribution < -0.4 is 19.5 Å². The molecule has 0 spiro atoms. The summed E-state index contributed by atoms with van der Waals surface area (Å²) in [5.74, 6) is 1.90. The van der Waals surface area contributed by atoms with E-state index in [9.17, 15) is 4.79 Å². The third-order valence-electron chi connectivity index (χ3n) is 5.02. The fourth-order valence-electron chi connectivity index (χ4n) is 3.38. The van der Waals surface area contributed by atoms with Crippen LogP contribution in [0.3, 0.4) is 0 Å². The molecule has 1 amide bonds. The number of para-hydroxylation sites is 2. The van der Waals surface area contributed by atoms with Crippen LogP contribution in [0.4, 0.5) is 5.69 Å². The van der Waals surface area contributed by atoms with E-state index in [1.165, 1.54) is 0 Å². The van der Waals surface area contributed by atoms with E-state index in [2.05, 4.69) is 10.4 Å². The lowest BCUT2D eigenvalue weighted by Crippen LogP contribution is -2.12. The predicted molar refractivity (Wildman–Crippen MR) is 126 cm³/mol. The molecule has 0 fully saturated rings. The van der Waals surface area contributed by atoms with Crippen LogP contribution in [-0.2, 0) is 13.2 Å². The van der Waals surface area contributed by atoms with Gasteiger partial charge in [-0.3, -0.25) is 9.48 Å². The number of methoxy groups -OCH3 is 2. The van der Waals surface area contributed by atoms with Crippen LogP contribution in [0.2, 0.25) is 0 Å². The summed E-state index contributed by atoms with van der Waals surface area (Å²) in [7, 11) is 3.24. The van der Waals surface area contributed by atoms with Gasteiger partial charge < -0.3 is 19.5 Å². The maximum Gasteiger partial charge on any atom is 0.255 e. The summed E-state index contributed by atoms with van der Waals surface area (Å²) in [6, 6.07) is 22.6. The molecule has 0 aliphatic heterocycles. The molecule has 0 saturated carbocycles. The molecule has 0 atom stereocenters. The van der Waals surface area contributed by atoms with Gasteiger partial charge in [0.15, 0.2) is 11.5 Å². The third-order valence-corrected chi connectivity index (χ3v) is 5.02. The Hall–Kier alpha value is -4.26. The Balaban J connectivity index is 1.38. The van der Waals surface area contributed by atoms with Crippen LogP contribution in [-0.4, -0.2) is 29.9 Å². The van der Waals surface area contributed by atoms with E-state index in [0.717, 1.165) is 16.9 Å². The highest BCUT2D eigenvalue weighted by atomic mass is 16.5. The maximum atomic E-state index is 12.8. The number of hydrogen-bond acceptors (Lipinski definition) is 5. The molecule has 1 heterocycles. The molecule has 168 valence electrons. The number of rotatable bonds is 9. The minimum Gasteiger partial charge on any atom is -0.497 e. The van der Waals surface area contributed by atoms with Crippen molar-refractivity contribution in [1.29, 1.82) is 0 Å². The van der Waals surface area contributed by atoms with Gasteiger partial charge >= 0.3 is 0 Å². The second kappa shape index (κ2) is 10.4. The fraction of sp³-hybridized carbons (Fsp3) is 0.154. The van der Waals surface area contributed by atoms with Crippen molar-refractivity contribution in [3.8, 4) is 17.2 Å². The number of carbonyl (C=O) groups excluding carboxylic acids is 1. The summed E-state index contributed by atoms with van der Waals surface area (Å²) in [6.07, 6.45) is 3.43. The molecule has 0 bridgehead atoms. The Morgan fingerprint density at radius 2 is 1.70 bits per heavy atom. The summed E-state index contributed by atoms with van der Waals surface area (Å²) >= 11 is 0. The average molecular weight is 444 g/mol. The van der Waals surface area contributed by atoms with Crippen molar-refractivity contribution in [3.63, 3.8) is 0 Å². The van der Waals surface area contributed by atoms with Gasteiger partial charge in [0.05, 0.1) is 32.6 Å². The highest BCUT2D eigenvalue weighted by Gasteiger charge is 2.10. The number of ether oxygens (including phenoxy) is 3. The first-order chi connectivity index (χ1) is 16.1. The smallest absolute Gasteiger partial charge is 0.255 e. The number of carbonyl (C=O) groups is 1. The number of anilines is 1. The van der Waals surface area contributed by atoms with Crippen molar-refractivity contribution < 1.29 is 19.0 Å². The molecular formula is C26H25N3O4. The van der Waals surface area contributed by atoms with Crippen molar-refractivity contribution in [2.24, 2.45) is 0 Å². The lowest BCUT2D eigenvalue weighted by atomic mass is 10.1. The summed E-state index contributed by atoms with van der Waals surface area (Å²) in [5, 5.41) is 7.24. The molecule has 0 aliphatic rings. The van der Waals surface area contributed by atoms with Gasteiger partial charge in [-0.15, -0.1) is 0 Å². The molecule has 33 heavy (non-hydrogen) atoms. The first kappa shape index (κ1) is 22.0. The third kappa shape index (κ3) is 5.71. The Kier molecular flexibility index (Phi) is 6.90. The molecular weight excluding hydrogens is 418 g/mol. The molecule has 3 aromatic carbocycles. The number of aromatic nitrogens is 2. The first-order valence-electron chi connectivity index (χ1n) is 10.5. The highest BCUT2D eigenvalue weighted by Crippen LogP contribution is 2.26. The fourth-order valence-corrected chi connectivity index (χ4v) is 3.38. The molecule has 0 unspecified atom stereocenters. The lowest BCUT2D eigenvalue weighted by Gasteiger charge is -2.11. The summed E-state index contributed by atoms with van der Waals surface area (Å²) in [4.78, 5) is 12.8. The van der Waals surface area contributed by atoms with Crippen molar-refractivity contribution >= 4 is 11.6 Å². The van der Waals surface area contributed by atoms with E-state index < -0.39 is 0 Å². The van der Waals surface area contributed by atoms with Gasteiger partial charge in [0.1, 0.15) is 12.4 Å². The Morgan fingerprint density at radius 3 is 2.52 bits per heavy atom. The van der Waals surface area contributed by atoms with Gasteiger partial charge in [-0.2, -0.15) is 5.10 Å². The Bertz CT molecular complexity index is 1240. The van der Waals surface area contributed by atoms with E-state index in [0.29, 0.717) is 35.9 Å². The Morgan fingerprint density at radius 1 is 0.909 bits per heavy atom. The Labute approximate surface area is 192 Å². The summed E-state index contributed by atoms with van der Waals surface area (Å²) in [6.45, 7) is 0.892. The zero-order chi connectivity index (χ0) is 23.0. The van der Waals surface area contributed by atoms with E-state index in [-0.39, 0.29) is 5.91 Å². The standard InChI is InChI=1S/C26H25N3O4/c1-31-23-10-6-7-19(14-23)16-29-17-22(15-27-29)28-26(30)21-9-5-8-20(13-21)18-33-25-12-4-3-11-24(25)32-2/h3-15,17H,16,18H2,1-2H3,(H,28,30). The molecule has 7 heteroatoms. The summed E-state index contributed by atoms with van der Waals surface area (Å²) < 4.78 is 18.2. The predicted octanol–water partition coefficient (Wildman–Crippen LogP) is 4.78. The van der Waals surface area contributed by atoms with Gasteiger partial charge in [-0.25, -0.2) is 0 Å². The monoisotopic (exact) mass is 443 g/mol. The second-order valence-corrected chi connectivity index (χ2v) is 7.37. The zero-order valence-corrected chi connectivity index (χ0v) is 18.5. The van der Waals surface area contributed by atoms with Gasteiger partial charge in [-0.1, -0.05) is 36.4 Å². The molecule has 0 aliphatic carbocycles. The number of nitrogens with one attached hydrogen (secondary N) is 1. The van der Waals surface area contributed by atoms with Gasteiger partial charge in [0, 0.05) is 11.8 Å². The largest absolute Gasteiger partial charge is 0.497 e. The van der Waals surface area contributed by atoms with E-state index >= 15 is 0 Å². The highest BCUT2D eigenvalue weighted by molar-refractivity contribution is 6.04. The van der Waals surface area contributed by atoms with Crippen LogP contribution in [0.25, 0.3) is 0 Å². The molecule has 4 aromatic rings. The maximum absolute atomic E-state index is 12.8. The van der Waals surface area contributed by atoms with Gasteiger partial charge in [-0.05, 0) is 47.5 Å². The van der Waals surface area contributed by atoms with Crippen LogP contribution in [0.1, 0.15) is 21.5 Å². The van der Waals surface area contributed by atoms with E-state index in [1.807, 2.05) is 66.7 Å². The van der Waals surface area contributed by atoms with Crippen LogP contribution >= 0.6 is 0 Å². The number of amides is 1. The quantitative estimate of drug-likeness (QED) is 0.403. The van der Waals surface area contributed by atoms with E-state index in [4.69, 9.17) is 14.2 Å². The molecule has 0 saturated heterocycles. The van der Waals surface area contributed by atoms with Crippen molar-refractivity contribution in [3.05, 3.63) is 102 Å². The van der Waals surface area contributed by atoms with Crippen LogP contribution in [0, 0.1) is 0 Å². The van der Waals surface area contributed by atoms with Crippen LogP contribution in [0.5, 0.6) is 17.2 Å². The number of nitrogens with zero attached hydrogens (tertiary/aromatic N) is 2. The second-order valence-electron chi connectivity index (χ2n) is 7.37. The molecule has 1 aromatic heterocycles. The summed E-state index contributed by atoms with van der Waals surface area (Å²) in [5.41, 5.74) is 3.09. The minimum atomic E-state index is -0.213. The van der Waals surface area contributed by atoms with Crippen molar-refractivity contribution in [1.82, 2.24) is 9.78 Å². The van der Waals surface area contributed by atoms with Gasteiger partial charge in [0.25, 0.3) is 5.91 Å². The van der Waals surface area contributed by atoms with Crippen molar-refractivity contribution in [2.45, 2.75) is 13.2 Å². The average Bonchev–Trinajstić information content (AvgIpc) is 3.29. The van der Waals surface area contributed by atoms with Crippen LogP contribution in [0.15, 0.2) is 85.2 Å². The first-order valence-corrected chi connectivity index (χ1v) is 10.5. The molecule has 1 N–H and O–H groups in total. The van der Waals surface area contributed by atoms with E-state index in [1.54, 1.807) is 37.4 Å². The normalized spacial score (nSPS) is 10.5. The molecule has 0 radical (unpaired) electrons. The number of benzene rings is 3. The number of hydrogen-bond donors (Lipinski definition) is 1. The topological polar surface area (TPSA) is 74.6 Å². The van der Waals surface area contributed by atoms with Gasteiger partial charge in [0.2, 0.25) is 0 Å². The zero-order valence-electron chi connectivity index (χ0n) is 18.5. The lowest BCUT2D eigenvalue weighted by molar-refractivity contribution is 0.102. The molecule has 4 rings (SSSR count). The molecule has 7 nitrogen and oxygen atoms in total. The van der Waals surface area contributed by atoms with Crippen molar-refractivity contribution in [2.75, 3.05) is 19.5 Å². The minimum absolute atomic E-state index is 0.213.